The molecule has 0 spiro atoms. The minimum absolute atomic E-state index is 0.180. The van der Waals surface area contributed by atoms with E-state index in [9.17, 15) is 14.4 Å². The van der Waals surface area contributed by atoms with E-state index in [4.69, 9.17) is 4.74 Å². The molecular weight excluding hydrogens is 628 g/mol. The van der Waals surface area contributed by atoms with Crippen molar-refractivity contribution < 1.29 is 19.1 Å². The fourth-order valence-electron chi connectivity index (χ4n) is 3.40. The van der Waals surface area contributed by atoms with Crippen molar-refractivity contribution in [2.45, 2.75) is 6.61 Å². The van der Waals surface area contributed by atoms with Crippen molar-refractivity contribution >= 4 is 67.2 Å². The highest BCUT2D eigenvalue weighted by atomic mass is 79.9. The standard InChI is InChI=1S/C29H22Br2N4O4/c30-21-10-13-23(14-11-21)33-27(36)24-8-4-5-9-25(24)34-28(37)29(38)35-32-17-20-16-22(31)12-15-26(20)39-18-19-6-2-1-3-7-19/h1-17H,18H2,(H,33,36)(H,34,37)(H,35,38). The Morgan fingerprint density at radius 1 is 0.769 bits per heavy atom. The van der Waals surface area contributed by atoms with Crippen LogP contribution in [-0.4, -0.2) is 23.9 Å². The highest BCUT2D eigenvalue weighted by molar-refractivity contribution is 9.10. The predicted molar refractivity (Wildman–Crippen MR) is 158 cm³/mol. The van der Waals surface area contributed by atoms with Crippen LogP contribution >= 0.6 is 31.9 Å². The highest BCUT2D eigenvalue weighted by Gasteiger charge is 2.18. The molecule has 3 N–H and O–H groups in total. The third-order valence-corrected chi connectivity index (χ3v) is 6.33. The third kappa shape index (κ3) is 8.10. The van der Waals surface area contributed by atoms with Gasteiger partial charge < -0.3 is 15.4 Å². The molecule has 0 saturated heterocycles. The van der Waals surface area contributed by atoms with E-state index in [2.05, 4.69) is 53.0 Å². The number of anilines is 2. The molecule has 0 heterocycles. The van der Waals surface area contributed by atoms with Gasteiger partial charge in [-0.2, -0.15) is 5.10 Å². The van der Waals surface area contributed by atoms with Crippen LogP contribution in [0.3, 0.4) is 0 Å². The Balaban J connectivity index is 1.38. The van der Waals surface area contributed by atoms with E-state index in [-0.39, 0.29) is 11.3 Å². The van der Waals surface area contributed by atoms with Gasteiger partial charge in [0, 0.05) is 20.2 Å². The van der Waals surface area contributed by atoms with Gasteiger partial charge in [0.15, 0.2) is 0 Å². The largest absolute Gasteiger partial charge is 0.488 e. The van der Waals surface area contributed by atoms with Gasteiger partial charge in [0.05, 0.1) is 17.5 Å². The molecule has 10 heteroatoms. The van der Waals surface area contributed by atoms with Crippen LogP contribution in [0.25, 0.3) is 0 Å². The van der Waals surface area contributed by atoms with Crippen molar-refractivity contribution in [2.75, 3.05) is 10.6 Å². The summed E-state index contributed by atoms with van der Waals surface area (Å²) in [6.07, 6.45) is 1.38. The fraction of sp³-hybridized carbons (Fsp3) is 0.0345. The number of hydrazone groups is 1. The van der Waals surface area contributed by atoms with Gasteiger partial charge in [0.1, 0.15) is 12.4 Å². The predicted octanol–water partition coefficient (Wildman–Crippen LogP) is 6.13. The van der Waals surface area contributed by atoms with E-state index in [0.717, 1.165) is 14.5 Å². The lowest BCUT2D eigenvalue weighted by Crippen LogP contribution is -2.33. The van der Waals surface area contributed by atoms with Gasteiger partial charge in [-0.1, -0.05) is 74.3 Å². The van der Waals surface area contributed by atoms with Crippen LogP contribution in [0, 0.1) is 0 Å². The molecule has 196 valence electrons. The van der Waals surface area contributed by atoms with Crippen molar-refractivity contribution in [3.05, 3.63) is 123 Å². The number of carbonyl (C=O) groups excluding carboxylic acids is 3. The topological polar surface area (TPSA) is 109 Å². The van der Waals surface area contributed by atoms with E-state index in [0.29, 0.717) is 23.6 Å². The Hall–Kier alpha value is -4.28. The molecule has 0 atom stereocenters. The Kier molecular flexibility index (Phi) is 9.60. The Bertz CT molecular complexity index is 1510. The minimum atomic E-state index is -1.00. The molecule has 0 aliphatic carbocycles. The number of para-hydroxylation sites is 1. The van der Waals surface area contributed by atoms with Gasteiger partial charge >= 0.3 is 11.8 Å². The lowest BCUT2D eigenvalue weighted by atomic mass is 10.1. The summed E-state index contributed by atoms with van der Waals surface area (Å²) in [7, 11) is 0. The molecule has 8 nitrogen and oxygen atoms in total. The lowest BCUT2D eigenvalue weighted by molar-refractivity contribution is -0.136. The molecule has 0 aliphatic heterocycles. The van der Waals surface area contributed by atoms with Crippen LogP contribution in [0.2, 0.25) is 0 Å². The second-order valence-electron chi connectivity index (χ2n) is 8.12. The van der Waals surface area contributed by atoms with Crippen LogP contribution in [0.15, 0.2) is 111 Å². The Labute approximate surface area is 241 Å². The number of amides is 3. The van der Waals surface area contributed by atoms with Crippen molar-refractivity contribution in [3.63, 3.8) is 0 Å². The molecular formula is C29H22Br2N4O4. The van der Waals surface area contributed by atoms with E-state index >= 15 is 0 Å². The van der Waals surface area contributed by atoms with Crippen LogP contribution in [0.5, 0.6) is 5.75 Å². The average Bonchev–Trinajstić information content (AvgIpc) is 2.94. The maximum atomic E-state index is 12.8. The fourth-order valence-corrected chi connectivity index (χ4v) is 4.04. The number of halogens is 2. The third-order valence-electron chi connectivity index (χ3n) is 5.31. The summed E-state index contributed by atoms with van der Waals surface area (Å²) in [5.74, 6) is -1.87. The summed E-state index contributed by atoms with van der Waals surface area (Å²) in [6, 6.07) is 28.5. The first kappa shape index (κ1) is 27.7. The molecule has 3 amide bonds. The number of hydrogen-bond donors (Lipinski definition) is 3. The highest BCUT2D eigenvalue weighted by Crippen LogP contribution is 2.23. The van der Waals surface area contributed by atoms with E-state index in [1.54, 1.807) is 54.6 Å². The van der Waals surface area contributed by atoms with Crippen molar-refractivity contribution in [1.29, 1.82) is 0 Å². The number of carbonyl (C=O) groups is 3. The smallest absolute Gasteiger partial charge is 0.329 e. The van der Waals surface area contributed by atoms with Gasteiger partial charge in [-0.15, -0.1) is 0 Å². The SMILES string of the molecule is O=C(NN=Cc1cc(Br)ccc1OCc1ccccc1)C(=O)Nc1ccccc1C(=O)Nc1ccc(Br)cc1. The molecule has 0 unspecified atom stereocenters. The van der Waals surface area contributed by atoms with E-state index in [1.807, 2.05) is 36.4 Å². The quantitative estimate of drug-likeness (QED) is 0.121. The number of nitrogens with one attached hydrogen (secondary N) is 3. The molecule has 0 aromatic heterocycles. The maximum absolute atomic E-state index is 12.8. The molecule has 0 bridgehead atoms. The molecule has 39 heavy (non-hydrogen) atoms. The molecule has 0 radical (unpaired) electrons. The number of rotatable bonds is 8. The first-order valence-corrected chi connectivity index (χ1v) is 13.2. The van der Waals surface area contributed by atoms with Crippen molar-refractivity contribution in [1.82, 2.24) is 5.43 Å². The molecule has 0 fully saturated rings. The van der Waals surface area contributed by atoms with Gasteiger partial charge in [0.2, 0.25) is 0 Å². The van der Waals surface area contributed by atoms with Gasteiger partial charge in [-0.05, 0) is 60.2 Å². The summed E-state index contributed by atoms with van der Waals surface area (Å²) < 4.78 is 7.56. The zero-order valence-electron chi connectivity index (χ0n) is 20.4. The molecule has 0 saturated carbocycles. The zero-order chi connectivity index (χ0) is 27.6. The number of benzene rings is 4. The number of ether oxygens (including phenoxy) is 1. The molecule has 4 aromatic rings. The minimum Gasteiger partial charge on any atom is -0.488 e. The first-order chi connectivity index (χ1) is 18.9. The van der Waals surface area contributed by atoms with Gasteiger partial charge in [-0.25, -0.2) is 5.43 Å². The number of hydrogen-bond acceptors (Lipinski definition) is 5. The van der Waals surface area contributed by atoms with Crippen LogP contribution in [0.4, 0.5) is 11.4 Å². The van der Waals surface area contributed by atoms with E-state index < -0.39 is 17.7 Å². The maximum Gasteiger partial charge on any atom is 0.329 e. The summed E-state index contributed by atoms with van der Waals surface area (Å²) in [6.45, 7) is 0.354. The molecule has 4 aromatic carbocycles. The second kappa shape index (κ2) is 13.5. The summed E-state index contributed by atoms with van der Waals surface area (Å²) in [5.41, 5.74) is 4.75. The normalized spacial score (nSPS) is 10.6. The van der Waals surface area contributed by atoms with Gasteiger partial charge in [0.25, 0.3) is 5.91 Å². The number of nitrogens with zero attached hydrogens (tertiary/aromatic N) is 1. The second-order valence-corrected chi connectivity index (χ2v) is 9.95. The van der Waals surface area contributed by atoms with Crippen molar-refractivity contribution in [3.8, 4) is 5.75 Å². The van der Waals surface area contributed by atoms with Crippen molar-refractivity contribution in [2.24, 2.45) is 5.10 Å². The Morgan fingerprint density at radius 2 is 1.46 bits per heavy atom. The average molecular weight is 650 g/mol. The van der Waals surface area contributed by atoms with Crippen LogP contribution in [0.1, 0.15) is 21.5 Å². The zero-order valence-corrected chi connectivity index (χ0v) is 23.5. The summed E-state index contributed by atoms with van der Waals surface area (Å²) in [5, 5.41) is 9.14. The van der Waals surface area contributed by atoms with Gasteiger partial charge in [-0.3, -0.25) is 14.4 Å². The monoisotopic (exact) mass is 648 g/mol. The van der Waals surface area contributed by atoms with Crippen LogP contribution < -0.4 is 20.8 Å². The van der Waals surface area contributed by atoms with Crippen LogP contribution in [-0.2, 0) is 16.2 Å². The molecule has 0 aliphatic rings. The summed E-state index contributed by atoms with van der Waals surface area (Å²) in [4.78, 5) is 37.8. The molecule has 4 rings (SSSR count). The lowest BCUT2D eigenvalue weighted by Gasteiger charge is -2.11. The van der Waals surface area contributed by atoms with E-state index in [1.165, 1.54) is 12.3 Å². The summed E-state index contributed by atoms with van der Waals surface area (Å²) >= 11 is 6.76. The first-order valence-electron chi connectivity index (χ1n) is 11.7. The Morgan fingerprint density at radius 3 is 2.23 bits per heavy atom.